The van der Waals surface area contributed by atoms with Crippen LogP contribution in [0.15, 0.2) is 42.6 Å². The summed E-state index contributed by atoms with van der Waals surface area (Å²) in [7, 11) is 1.67. The average molecular weight is 291 g/mol. The fourth-order valence-corrected chi connectivity index (χ4v) is 2.40. The third kappa shape index (κ3) is 3.71. The number of hydrogen-bond acceptors (Lipinski definition) is 3. The Morgan fingerprint density at radius 2 is 2.15 bits per heavy atom. The minimum atomic E-state index is 0.155. The number of nitrogens with zero attached hydrogens (tertiary/aromatic N) is 1. The number of hydrogen-bond donors (Lipinski definition) is 1. The van der Waals surface area contributed by atoms with Crippen LogP contribution in [0.3, 0.4) is 0 Å². The van der Waals surface area contributed by atoms with E-state index in [0.717, 1.165) is 30.0 Å². The Morgan fingerprint density at radius 1 is 1.30 bits per heavy atom. The zero-order valence-corrected chi connectivity index (χ0v) is 12.5. The molecule has 0 aliphatic rings. The molecule has 20 heavy (non-hydrogen) atoms. The van der Waals surface area contributed by atoms with Crippen molar-refractivity contribution in [2.24, 2.45) is 0 Å². The highest BCUT2D eigenvalue weighted by Crippen LogP contribution is 2.30. The van der Waals surface area contributed by atoms with Crippen molar-refractivity contribution < 1.29 is 4.74 Å². The Bertz CT molecular complexity index is 545. The van der Waals surface area contributed by atoms with Crippen molar-refractivity contribution in [3.8, 4) is 5.75 Å². The smallest absolute Gasteiger partial charge is 0.125 e. The van der Waals surface area contributed by atoms with Crippen LogP contribution in [-0.2, 0) is 6.42 Å². The predicted octanol–water partition coefficient (Wildman–Crippen LogP) is 3.64. The average Bonchev–Trinajstić information content (AvgIpc) is 2.48. The lowest BCUT2D eigenvalue weighted by atomic mass is 10.0. The highest BCUT2D eigenvalue weighted by atomic mass is 35.5. The van der Waals surface area contributed by atoms with Crippen LogP contribution >= 0.6 is 11.6 Å². The molecule has 2 aromatic rings. The summed E-state index contributed by atoms with van der Waals surface area (Å²) in [5.74, 6) is 0.805. The lowest BCUT2D eigenvalue weighted by Crippen LogP contribution is -2.23. The molecule has 1 aromatic carbocycles. The molecule has 3 nitrogen and oxygen atoms in total. The largest absolute Gasteiger partial charge is 0.496 e. The molecule has 1 atom stereocenters. The molecule has 0 radical (unpaired) electrons. The molecule has 1 N–H and O–H groups in total. The standard InChI is InChI=1S/C16H19ClN2O/c1-3-18-15(11-13-6-4-5-9-19-13)14-8-7-12(17)10-16(14)20-2/h4-10,15,18H,3,11H2,1-2H3. The summed E-state index contributed by atoms with van der Waals surface area (Å²) in [5.41, 5.74) is 2.15. The molecular weight excluding hydrogens is 272 g/mol. The lowest BCUT2D eigenvalue weighted by Gasteiger charge is -2.20. The minimum Gasteiger partial charge on any atom is -0.496 e. The van der Waals surface area contributed by atoms with Crippen LogP contribution in [0.4, 0.5) is 0 Å². The SMILES string of the molecule is CCNC(Cc1ccccn1)c1ccc(Cl)cc1OC. The highest BCUT2D eigenvalue weighted by molar-refractivity contribution is 6.30. The first-order chi connectivity index (χ1) is 9.74. The van der Waals surface area contributed by atoms with E-state index < -0.39 is 0 Å². The summed E-state index contributed by atoms with van der Waals surface area (Å²) in [4.78, 5) is 4.39. The number of ether oxygens (including phenoxy) is 1. The second-order valence-corrected chi connectivity index (χ2v) is 4.96. The molecule has 0 saturated carbocycles. The third-order valence-electron chi connectivity index (χ3n) is 3.16. The first-order valence-electron chi connectivity index (χ1n) is 6.71. The van der Waals surface area contributed by atoms with Gasteiger partial charge >= 0.3 is 0 Å². The zero-order chi connectivity index (χ0) is 14.4. The number of methoxy groups -OCH3 is 1. The van der Waals surface area contributed by atoms with Gasteiger partial charge in [0.05, 0.1) is 7.11 Å². The van der Waals surface area contributed by atoms with E-state index in [4.69, 9.17) is 16.3 Å². The summed E-state index contributed by atoms with van der Waals surface area (Å²) in [5, 5.41) is 4.16. The summed E-state index contributed by atoms with van der Waals surface area (Å²) in [6.07, 6.45) is 2.63. The Balaban J connectivity index is 2.28. The molecule has 1 heterocycles. The summed E-state index contributed by atoms with van der Waals surface area (Å²) < 4.78 is 5.45. The maximum atomic E-state index is 6.02. The normalized spacial score (nSPS) is 12.2. The van der Waals surface area contributed by atoms with E-state index >= 15 is 0 Å². The first kappa shape index (κ1) is 14.8. The van der Waals surface area contributed by atoms with Crippen molar-refractivity contribution in [3.05, 3.63) is 58.9 Å². The number of likely N-dealkylation sites (N-methyl/N-ethyl adjacent to an activating group) is 1. The molecule has 4 heteroatoms. The van der Waals surface area contributed by atoms with Gasteiger partial charge in [-0.25, -0.2) is 0 Å². The molecule has 0 aliphatic carbocycles. The molecule has 1 unspecified atom stereocenters. The van der Waals surface area contributed by atoms with Crippen LogP contribution in [0.1, 0.15) is 24.2 Å². The summed E-state index contributed by atoms with van der Waals surface area (Å²) in [6, 6.07) is 11.9. The molecule has 1 aromatic heterocycles. The van der Waals surface area contributed by atoms with E-state index in [-0.39, 0.29) is 6.04 Å². The van der Waals surface area contributed by atoms with Crippen molar-refractivity contribution >= 4 is 11.6 Å². The molecule has 106 valence electrons. The molecule has 0 aliphatic heterocycles. The lowest BCUT2D eigenvalue weighted by molar-refractivity contribution is 0.399. The topological polar surface area (TPSA) is 34.2 Å². The van der Waals surface area contributed by atoms with E-state index in [1.807, 2.05) is 42.6 Å². The number of benzene rings is 1. The molecule has 0 spiro atoms. The monoisotopic (exact) mass is 290 g/mol. The van der Waals surface area contributed by atoms with Crippen LogP contribution < -0.4 is 10.1 Å². The van der Waals surface area contributed by atoms with Gasteiger partial charge in [0.15, 0.2) is 0 Å². The van der Waals surface area contributed by atoms with Crippen LogP contribution in [0.2, 0.25) is 5.02 Å². The van der Waals surface area contributed by atoms with Gasteiger partial charge < -0.3 is 10.1 Å². The van der Waals surface area contributed by atoms with Crippen molar-refractivity contribution in [2.45, 2.75) is 19.4 Å². The Morgan fingerprint density at radius 3 is 2.80 bits per heavy atom. The molecule has 0 bridgehead atoms. The van der Waals surface area contributed by atoms with Gasteiger partial charge in [0.25, 0.3) is 0 Å². The van der Waals surface area contributed by atoms with Gasteiger partial charge in [0, 0.05) is 34.9 Å². The fraction of sp³-hybridized carbons (Fsp3) is 0.312. The van der Waals surface area contributed by atoms with Gasteiger partial charge in [-0.05, 0) is 30.8 Å². The number of rotatable bonds is 6. The van der Waals surface area contributed by atoms with Crippen LogP contribution in [0.25, 0.3) is 0 Å². The zero-order valence-electron chi connectivity index (χ0n) is 11.8. The van der Waals surface area contributed by atoms with Gasteiger partial charge in [-0.3, -0.25) is 4.98 Å². The summed E-state index contributed by atoms with van der Waals surface area (Å²) in [6.45, 7) is 2.97. The van der Waals surface area contributed by atoms with Crippen LogP contribution in [0.5, 0.6) is 5.75 Å². The molecule has 2 rings (SSSR count). The molecular formula is C16H19ClN2O. The van der Waals surface area contributed by atoms with Crippen molar-refractivity contribution in [3.63, 3.8) is 0 Å². The van der Waals surface area contributed by atoms with Gasteiger partial charge in [0.1, 0.15) is 5.75 Å². The third-order valence-corrected chi connectivity index (χ3v) is 3.40. The van der Waals surface area contributed by atoms with Gasteiger partial charge in [-0.15, -0.1) is 0 Å². The van der Waals surface area contributed by atoms with Crippen molar-refractivity contribution in [2.75, 3.05) is 13.7 Å². The van der Waals surface area contributed by atoms with Crippen molar-refractivity contribution in [1.82, 2.24) is 10.3 Å². The van der Waals surface area contributed by atoms with E-state index in [0.29, 0.717) is 5.02 Å². The number of pyridine rings is 1. The van der Waals surface area contributed by atoms with Gasteiger partial charge in [-0.1, -0.05) is 30.7 Å². The predicted molar refractivity (Wildman–Crippen MR) is 82.4 cm³/mol. The number of nitrogens with one attached hydrogen (secondary N) is 1. The van der Waals surface area contributed by atoms with E-state index in [9.17, 15) is 0 Å². The Labute approximate surface area is 124 Å². The second-order valence-electron chi connectivity index (χ2n) is 4.52. The number of halogens is 1. The van der Waals surface area contributed by atoms with Crippen molar-refractivity contribution in [1.29, 1.82) is 0 Å². The molecule has 0 saturated heterocycles. The van der Waals surface area contributed by atoms with Gasteiger partial charge in [0.2, 0.25) is 0 Å². The fourth-order valence-electron chi connectivity index (χ4n) is 2.24. The van der Waals surface area contributed by atoms with E-state index in [1.165, 1.54) is 0 Å². The van der Waals surface area contributed by atoms with Crippen LogP contribution in [0, 0.1) is 0 Å². The van der Waals surface area contributed by atoms with Gasteiger partial charge in [-0.2, -0.15) is 0 Å². The minimum absolute atomic E-state index is 0.155. The van der Waals surface area contributed by atoms with E-state index in [2.05, 4.69) is 17.2 Å². The maximum absolute atomic E-state index is 6.02. The quantitative estimate of drug-likeness (QED) is 0.882. The molecule has 0 amide bonds. The first-order valence-corrected chi connectivity index (χ1v) is 7.09. The Hall–Kier alpha value is -1.58. The van der Waals surface area contributed by atoms with Crippen LogP contribution in [-0.4, -0.2) is 18.6 Å². The van der Waals surface area contributed by atoms with E-state index in [1.54, 1.807) is 7.11 Å². The second kappa shape index (κ2) is 7.27. The Kier molecular flexibility index (Phi) is 5.39. The highest BCUT2D eigenvalue weighted by Gasteiger charge is 2.16. The maximum Gasteiger partial charge on any atom is 0.125 e. The summed E-state index contributed by atoms with van der Waals surface area (Å²) >= 11 is 6.02. The molecule has 0 fully saturated rings. The number of aromatic nitrogens is 1.